The van der Waals surface area contributed by atoms with Crippen LogP contribution in [-0.4, -0.2) is 45.4 Å². The largest absolute Gasteiger partial charge is 0.493 e. The summed E-state index contributed by atoms with van der Waals surface area (Å²) in [6.07, 6.45) is 0.859. The Bertz CT molecular complexity index is 786. The minimum atomic E-state index is 0. The maximum absolute atomic E-state index is 5.42. The Labute approximate surface area is 200 Å². The van der Waals surface area contributed by atoms with Gasteiger partial charge in [-0.25, -0.2) is 9.98 Å². The van der Waals surface area contributed by atoms with E-state index in [1.807, 2.05) is 19.1 Å². The second-order valence-electron chi connectivity index (χ2n) is 6.74. The minimum Gasteiger partial charge on any atom is -0.493 e. The van der Waals surface area contributed by atoms with Crippen molar-refractivity contribution in [2.45, 2.75) is 39.7 Å². The van der Waals surface area contributed by atoms with E-state index in [1.165, 1.54) is 5.01 Å². The first-order valence-corrected chi connectivity index (χ1v) is 10.7. The topological polar surface area (TPSA) is 77.0 Å². The van der Waals surface area contributed by atoms with Gasteiger partial charge >= 0.3 is 0 Å². The van der Waals surface area contributed by atoms with Crippen LogP contribution in [0.3, 0.4) is 0 Å². The number of guanidine groups is 1. The molecule has 2 rings (SSSR count). The van der Waals surface area contributed by atoms with Crippen molar-refractivity contribution in [1.29, 1.82) is 0 Å². The normalized spacial score (nSPS) is 11.1. The zero-order valence-electron chi connectivity index (χ0n) is 18.6. The molecule has 0 fully saturated rings. The number of ether oxygens (including phenoxy) is 3. The van der Waals surface area contributed by atoms with E-state index in [-0.39, 0.29) is 24.0 Å². The highest BCUT2D eigenvalue weighted by Crippen LogP contribution is 2.38. The molecule has 9 heteroatoms. The van der Waals surface area contributed by atoms with Crippen LogP contribution >= 0.6 is 35.3 Å². The van der Waals surface area contributed by atoms with Crippen molar-refractivity contribution < 1.29 is 14.2 Å². The molecule has 1 aromatic carbocycles. The van der Waals surface area contributed by atoms with E-state index in [0.717, 1.165) is 36.7 Å². The zero-order valence-corrected chi connectivity index (χ0v) is 21.7. The quantitative estimate of drug-likeness (QED) is 0.263. The number of hydrogen-bond acceptors (Lipinski definition) is 6. The van der Waals surface area contributed by atoms with E-state index >= 15 is 0 Å². The third-order valence-electron chi connectivity index (χ3n) is 4.23. The molecule has 30 heavy (non-hydrogen) atoms. The van der Waals surface area contributed by atoms with Crippen LogP contribution in [-0.2, 0) is 13.0 Å². The lowest BCUT2D eigenvalue weighted by Crippen LogP contribution is -2.38. The Morgan fingerprint density at radius 2 is 1.77 bits per heavy atom. The average Bonchev–Trinajstić information content (AvgIpc) is 3.20. The van der Waals surface area contributed by atoms with Crippen LogP contribution in [0.4, 0.5) is 0 Å². The number of benzene rings is 1. The van der Waals surface area contributed by atoms with E-state index in [9.17, 15) is 0 Å². The molecule has 0 amide bonds. The highest BCUT2D eigenvalue weighted by molar-refractivity contribution is 14.0. The molecule has 168 valence electrons. The van der Waals surface area contributed by atoms with Crippen molar-refractivity contribution >= 4 is 41.3 Å². The van der Waals surface area contributed by atoms with Gasteiger partial charge in [-0.2, -0.15) is 0 Å². The molecule has 0 aliphatic rings. The van der Waals surface area contributed by atoms with Gasteiger partial charge in [0.05, 0.1) is 38.6 Å². The maximum Gasteiger partial charge on any atom is 0.203 e. The van der Waals surface area contributed by atoms with Crippen molar-refractivity contribution in [3.8, 4) is 17.2 Å². The first-order valence-electron chi connectivity index (χ1n) is 9.77. The second kappa shape index (κ2) is 13.5. The van der Waals surface area contributed by atoms with Gasteiger partial charge in [0.1, 0.15) is 0 Å². The molecule has 1 heterocycles. The van der Waals surface area contributed by atoms with Crippen molar-refractivity contribution in [3.05, 3.63) is 33.8 Å². The molecule has 0 atom stereocenters. The van der Waals surface area contributed by atoms with Gasteiger partial charge in [0.25, 0.3) is 0 Å². The lowest BCUT2D eigenvalue weighted by Gasteiger charge is -2.14. The average molecular weight is 548 g/mol. The molecule has 2 N–H and O–H groups in total. The number of nitrogens with one attached hydrogen (secondary N) is 2. The third kappa shape index (κ3) is 7.50. The zero-order chi connectivity index (χ0) is 21.2. The van der Waals surface area contributed by atoms with Gasteiger partial charge in [-0.05, 0) is 24.6 Å². The number of methoxy groups -OCH3 is 3. The van der Waals surface area contributed by atoms with Crippen molar-refractivity contribution in [3.63, 3.8) is 0 Å². The Kier molecular flexibility index (Phi) is 11.9. The van der Waals surface area contributed by atoms with Crippen molar-refractivity contribution in [2.75, 3.05) is 34.4 Å². The molecular weight excluding hydrogens is 515 g/mol. The summed E-state index contributed by atoms with van der Waals surface area (Å²) in [6.45, 7) is 8.42. The van der Waals surface area contributed by atoms with E-state index < -0.39 is 0 Å². The molecule has 0 spiro atoms. The molecule has 7 nitrogen and oxygen atoms in total. The fourth-order valence-electron chi connectivity index (χ4n) is 2.75. The van der Waals surface area contributed by atoms with Gasteiger partial charge in [0.2, 0.25) is 5.75 Å². The highest BCUT2D eigenvalue weighted by Gasteiger charge is 2.13. The van der Waals surface area contributed by atoms with E-state index in [4.69, 9.17) is 14.2 Å². The smallest absolute Gasteiger partial charge is 0.203 e. The van der Waals surface area contributed by atoms with Gasteiger partial charge in [-0.3, -0.25) is 0 Å². The summed E-state index contributed by atoms with van der Waals surface area (Å²) in [7, 11) is 4.82. The SMILES string of the molecule is CCNC(=NCc1cc(OC)c(OC)c(OC)c1)NCCc1csc(C(C)C)n1.I. The molecule has 0 saturated carbocycles. The van der Waals surface area contributed by atoms with Gasteiger partial charge in [0, 0.05) is 30.8 Å². The standard InChI is InChI=1S/C21H32N4O3S.HI/c1-7-22-21(23-9-8-16-13-29-20(25-16)14(2)3)24-12-15-10-17(26-4)19(28-6)18(11-15)27-5;/h10-11,13-14H,7-9,12H2,1-6H3,(H2,22,23,24);1H. The predicted octanol–water partition coefficient (Wildman–Crippen LogP) is 4.21. The molecule has 0 radical (unpaired) electrons. The van der Waals surface area contributed by atoms with Crippen LogP contribution in [0.25, 0.3) is 0 Å². The number of hydrogen-bond donors (Lipinski definition) is 2. The molecule has 0 saturated heterocycles. The maximum atomic E-state index is 5.42. The van der Waals surface area contributed by atoms with Crippen LogP contribution in [0.2, 0.25) is 0 Å². The van der Waals surface area contributed by atoms with Crippen molar-refractivity contribution in [1.82, 2.24) is 15.6 Å². The molecule has 2 aromatic rings. The fraction of sp³-hybridized carbons (Fsp3) is 0.524. The monoisotopic (exact) mass is 548 g/mol. The molecule has 0 aliphatic carbocycles. The lowest BCUT2D eigenvalue weighted by atomic mass is 10.2. The minimum absolute atomic E-state index is 0. The second-order valence-corrected chi connectivity index (χ2v) is 7.63. The number of rotatable bonds is 10. The van der Waals surface area contributed by atoms with Crippen LogP contribution in [0.1, 0.15) is 43.0 Å². The fourth-order valence-corrected chi connectivity index (χ4v) is 3.62. The summed E-state index contributed by atoms with van der Waals surface area (Å²) in [6, 6.07) is 3.83. The van der Waals surface area contributed by atoms with Crippen LogP contribution < -0.4 is 24.8 Å². The van der Waals surface area contributed by atoms with Gasteiger partial charge in [-0.1, -0.05) is 13.8 Å². The summed E-state index contributed by atoms with van der Waals surface area (Å²) in [5.74, 6) is 3.07. The molecule has 0 unspecified atom stereocenters. The Balaban J connectivity index is 0.00000450. The van der Waals surface area contributed by atoms with Gasteiger partial charge in [-0.15, -0.1) is 35.3 Å². The molecule has 0 aliphatic heterocycles. The molecular formula is C21H33IN4O3S. The summed E-state index contributed by atoms with van der Waals surface area (Å²) >= 11 is 1.73. The van der Waals surface area contributed by atoms with E-state index in [2.05, 4.69) is 39.8 Å². The summed E-state index contributed by atoms with van der Waals surface area (Å²) in [4.78, 5) is 9.36. The summed E-state index contributed by atoms with van der Waals surface area (Å²) < 4.78 is 16.2. The van der Waals surface area contributed by atoms with E-state index in [0.29, 0.717) is 29.7 Å². The number of nitrogens with zero attached hydrogens (tertiary/aromatic N) is 2. The Morgan fingerprint density at radius 3 is 2.27 bits per heavy atom. The number of thiazole rings is 1. The molecule has 1 aromatic heterocycles. The predicted molar refractivity (Wildman–Crippen MR) is 134 cm³/mol. The Hall–Kier alpha value is -1.75. The number of halogens is 1. The van der Waals surface area contributed by atoms with Gasteiger partial charge in [0.15, 0.2) is 17.5 Å². The first kappa shape index (κ1) is 26.3. The summed E-state index contributed by atoms with van der Waals surface area (Å²) in [5, 5.41) is 9.97. The number of aliphatic imine (C=N–C) groups is 1. The molecule has 0 bridgehead atoms. The van der Waals surface area contributed by atoms with Crippen LogP contribution in [0.5, 0.6) is 17.2 Å². The highest BCUT2D eigenvalue weighted by atomic mass is 127. The lowest BCUT2D eigenvalue weighted by molar-refractivity contribution is 0.324. The van der Waals surface area contributed by atoms with Gasteiger partial charge < -0.3 is 24.8 Å². The Morgan fingerprint density at radius 1 is 1.10 bits per heavy atom. The van der Waals surface area contributed by atoms with E-state index in [1.54, 1.807) is 32.7 Å². The first-order chi connectivity index (χ1) is 14.0. The van der Waals surface area contributed by atoms with Crippen molar-refractivity contribution in [2.24, 2.45) is 4.99 Å². The van der Waals surface area contributed by atoms with Crippen LogP contribution in [0.15, 0.2) is 22.5 Å². The summed E-state index contributed by atoms with van der Waals surface area (Å²) in [5.41, 5.74) is 2.09. The van der Waals surface area contributed by atoms with Crippen LogP contribution in [0, 0.1) is 0 Å². The number of aromatic nitrogens is 1. The third-order valence-corrected chi connectivity index (χ3v) is 5.42.